The third-order valence-corrected chi connectivity index (χ3v) is 4.67. The number of amides is 3. The number of ether oxygens (including phenoxy) is 1. The van der Waals surface area contributed by atoms with Crippen molar-refractivity contribution in [1.82, 2.24) is 10.7 Å². The Morgan fingerprint density at radius 3 is 2.45 bits per heavy atom. The van der Waals surface area contributed by atoms with E-state index in [1.165, 1.54) is 6.21 Å². The fourth-order valence-corrected chi connectivity index (χ4v) is 3.08. The summed E-state index contributed by atoms with van der Waals surface area (Å²) in [5, 5.41) is 9.26. The summed E-state index contributed by atoms with van der Waals surface area (Å²) < 4.78 is 5.58. The van der Waals surface area contributed by atoms with Crippen LogP contribution in [0.25, 0.3) is 0 Å². The van der Waals surface area contributed by atoms with E-state index in [0.717, 1.165) is 35.2 Å². The zero-order chi connectivity index (χ0) is 22.4. The molecule has 8 nitrogen and oxygen atoms in total. The van der Waals surface area contributed by atoms with Gasteiger partial charge in [0.1, 0.15) is 5.75 Å². The SMILES string of the molecule is Cc1cc(C)c(NC(=O)COc2cccc(/C=N\NC(=O)C(=O)NC3CC3)c2)c(C)c1. The van der Waals surface area contributed by atoms with Gasteiger partial charge >= 0.3 is 11.8 Å². The number of hydrogen-bond donors (Lipinski definition) is 3. The first-order chi connectivity index (χ1) is 14.8. The Bertz CT molecular complexity index is 1000. The van der Waals surface area contributed by atoms with Crippen molar-refractivity contribution in [2.45, 2.75) is 39.7 Å². The number of anilines is 1. The number of hydrogen-bond acceptors (Lipinski definition) is 5. The Hall–Kier alpha value is -3.68. The lowest BCUT2D eigenvalue weighted by atomic mass is 10.1. The molecular formula is C23H26N4O4. The van der Waals surface area contributed by atoms with Crippen molar-refractivity contribution < 1.29 is 19.1 Å². The molecule has 1 aliphatic rings. The third kappa shape index (κ3) is 6.67. The lowest BCUT2D eigenvalue weighted by molar-refractivity contribution is -0.139. The summed E-state index contributed by atoms with van der Waals surface area (Å²) in [5.41, 5.74) is 6.76. The van der Waals surface area contributed by atoms with Crippen molar-refractivity contribution in [2.24, 2.45) is 5.10 Å². The maximum absolute atomic E-state index is 12.3. The highest BCUT2D eigenvalue weighted by molar-refractivity contribution is 6.35. The molecule has 8 heteroatoms. The van der Waals surface area contributed by atoms with Gasteiger partial charge in [0.15, 0.2) is 6.61 Å². The molecule has 0 saturated heterocycles. The maximum atomic E-state index is 12.3. The minimum Gasteiger partial charge on any atom is -0.484 e. The first-order valence-corrected chi connectivity index (χ1v) is 10.1. The normalized spacial score (nSPS) is 13.0. The number of hydrazone groups is 1. The molecule has 31 heavy (non-hydrogen) atoms. The fourth-order valence-electron chi connectivity index (χ4n) is 3.08. The van der Waals surface area contributed by atoms with E-state index < -0.39 is 11.8 Å². The van der Waals surface area contributed by atoms with Crippen LogP contribution >= 0.6 is 0 Å². The van der Waals surface area contributed by atoms with E-state index in [1.54, 1.807) is 24.3 Å². The van der Waals surface area contributed by atoms with E-state index in [0.29, 0.717) is 11.3 Å². The third-order valence-electron chi connectivity index (χ3n) is 4.67. The van der Waals surface area contributed by atoms with Gasteiger partial charge in [-0.3, -0.25) is 14.4 Å². The van der Waals surface area contributed by atoms with Crippen LogP contribution in [0.15, 0.2) is 41.5 Å². The van der Waals surface area contributed by atoms with E-state index in [1.807, 2.05) is 32.9 Å². The zero-order valence-electron chi connectivity index (χ0n) is 17.8. The molecule has 3 rings (SSSR count). The zero-order valence-corrected chi connectivity index (χ0v) is 17.8. The minimum atomic E-state index is -0.811. The van der Waals surface area contributed by atoms with Crippen molar-refractivity contribution in [1.29, 1.82) is 0 Å². The molecule has 0 radical (unpaired) electrons. The summed E-state index contributed by atoms with van der Waals surface area (Å²) in [5.74, 6) is -1.28. The van der Waals surface area contributed by atoms with Gasteiger partial charge in [0, 0.05) is 11.7 Å². The number of nitrogens with zero attached hydrogens (tertiary/aromatic N) is 1. The second-order valence-electron chi connectivity index (χ2n) is 7.63. The van der Waals surface area contributed by atoms with Gasteiger partial charge in [-0.25, -0.2) is 5.43 Å². The summed E-state index contributed by atoms with van der Waals surface area (Å²) in [7, 11) is 0. The standard InChI is InChI=1S/C23H26N4O4/c1-14-9-15(2)21(16(3)10-14)26-20(28)13-31-19-6-4-5-17(11-19)12-24-27-23(30)22(29)25-18-7-8-18/h4-6,9-12,18H,7-8,13H2,1-3H3,(H,25,29)(H,26,28)(H,27,30)/b24-12-. The summed E-state index contributed by atoms with van der Waals surface area (Å²) in [4.78, 5) is 35.5. The highest BCUT2D eigenvalue weighted by Gasteiger charge is 2.26. The Morgan fingerprint density at radius 2 is 1.77 bits per heavy atom. The first kappa shape index (κ1) is 22.0. The largest absolute Gasteiger partial charge is 0.484 e. The van der Waals surface area contributed by atoms with Gasteiger partial charge in [0.25, 0.3) is 5.91 Å². The van der Waals surface area contributed by atoms with Crippen LogP contribution in [0, 0.1) is 20.8 Å². The lowest BCUT2D eigenvalue weighted by Gasteiger charge is -2.13. The van der Waals surface area contributed by atoms with Crippen LogP contribution in [0.4, 0.5) is 5.69 Å². The molecular weight excluding hydrogens is 396 g/mol. The van der Waals surface area contributed by atoms with Crippen molar-refractivity contribution in [3.63, 3.8) is 0 Å². The lowest BCUT2D eigenvalue weighted by Crippen LogP contribution is -2.38. The van der Waals surface area contributed by atoms with Crippen LogP contribution in [0.5, 0.6) is 5.75 Å². The predicted molar refractivity (Wildman–Crippen MR) is 118 cm³/mol. The predicted octanol–water partition coefficient (Wildman–Crippen LogP) is 2.36. The molecule has 3 amide bonds. The van der Waals surface area contributed by atoms with Crippen LogP contribution in [-0.4, -0.2) is 36.6 Å². The molecule has 3 N–H and O–H groups in total. The fraction of sp³-hybridized carbons (Fsp3) is 0.304. The van der Waals surface area contributed by atoms with Gasteiger partial charge in [-0.1, -0.05) is 29.8 Å². The van der Waals surface area contributed by atoms with Gasteiger partial charge in [-0.2, -0.15) is 5.10 Å². The highest BCUT2D eigenvalue weighted by Crippen LogP contribution is 2.22. The van der Waals surface area contributed by atoms with Gasteiger partial charge in [-0.15, -0.1) is 0 Å². The molecule has 0 heterocycles. The maximum Gasteiger partial charge on any atom is 0.329 e. The van der Waals surface area contributed by atoms with E-state index in [4.69, 9.17) is 4.74 Å². The minimum absolute atomic E-state index is 0.104. The summed E-state index contributed by atoms with van der Waals surface area (Å²) in [6.07, 6.45) is 3.20. The van der Waals surface area contributed by atoms with Crippen LogP contribution in [-0.2, 0) is 14.4 Å². The number of aryl methyl sites for hydroxylation is 3. The average molecular weight is 422 g/mol. The van der Waals surface area contributed by atoms with Gasteiger partial charge in [-0.05, 0) is 62.4 Å². The van der Waals surface area contributed by atoms with E-state index in [2.05, 4.69) is 21.2 Å². The molecule has 0 aliphatic heterocycles. The second kappa shape index (κ2) is 9.88. The van der Waals surface area contributed by atoms with Gasteiger partial charge in [0.05, 0.1) is 6.21 Å². The topological polar surface area (TPSA) is 109 Å². The summed E-state index contributed by atoms with van der Waals surface area (Å²) >= 11 is 0. The van der Waals surface area contributed by atoms with Crippen LogP contribution in [0.3, 0.4) is 0 Å². The van der Waals surface area contributed by atoms with Crippen molar-refractivity contribution in [3.05, 3.63) is 58.7 Å². The molecule has 0 aromatic heterocycles. The molecule has 1 fully saturated rings. The molecule has 0 atom stereocenters. The van der Waals surface area contributed by atoms with Crippen molar-refractivity contribution in [3.8, 4) is 5.75 Å². The Morgan fingerprint density at radius 1 is 1.06 bits per heavy atom. The summed E-state index contributed by atoms with van der Waals surface area (Å²) in [6.45, 7) is 5.77. The molecule has 1 saturated carbocycles. The second-order valence-corrected chi connectivity index (χ2v) is 7.63. The molecule has 2 aromatic rings. The molecule has 0 spiro atoms. The molecule has 0 bridgehead atoms. The molecule has 1 aliphatic carbocycles. The monoisotopic (exact) mass is 422 g/mol. The van der Waals surface area contributed by atoms with Gasteiger partial charge < -0.3 is 15.4 Å². The summed E-state index contributed by atoms with van der Waals surface area (Å²) in [6, 6.07) is 11.0. The van der Waals surface area contributed by atoms with Crippen molar-refractivity contribution >= 4 is 29.6 Å². The number of carbonyl (C=O) groups excluding carboxylic acids is 3. The van der Waals surface area contributed by atoms with Crippen LogP contribution in [0.2, 0.25) is 0 Å². The first-order valence-electron chi connectivity index (χ1n) is 10.1. The quantitative estimate of drug-likeness (QED) is 0.362. The Labute approximate surface area is 181 Å². The molecule has 2 aromatic carbocycles. The van der Waals surface area contributed by atoms with E-state index in [-0.39, 0.29) is 18.6 Å². The number of carbonyl (C=O) groups is 3. The van der Waals surface area contributed by atoms with Crippen molar-refractivity contribution in [2.75, 3.05) is 11.9 Å². The van der Waals surface area contributed by atoms with Crippen LogP contribution < -0.4 is 20.8 Å². The van der Waals surface area contributed by atoms with E-state index in [9.17, 15) is 14.4 Å². The highest BCUT2D eigenvalue weighted by atomic mass is 16.5. The van der Waals surface area contributed by atoms with Gasteiger partial charge in [0.2, 0.25) is 0 Å². The Balaban J connectivity index is 1.50. The number of nitrogens with one attached hydrogen (secondary N) is 3. The Kier molecular flexibility index (Phi) is 7.02. The molecule has 0 unspecified atom stereocenters. The number of rotatable bonds is 7. The molecule has 162 valence electrons. The smallest absolute Gasteiger partial charge is 0.329 e. The average Bonchev–Trinajstić information content (AvgIpc) is 3.53. The van der Waals surface area contributed by atoms with E-state index >= 15 is 0 Å². The number of benzene rings is 2. The van der Waals surface area contributed by atoms with Crippen LogP contribution in [0.1, 0.15) is 35.1 Å².